The van der Waals surface area contributed by atoms with Crippen molar-refractivity contribution >= 4 is 19.8 Å². The predicted octanol–water partition coefficient (Wildman–Crippen LogP) is 6.81. The summed E-state index contributed by atoms with van der Waals surface area (Å²) < 4.78 is 31.9. The molecule has 0 spiro atoms. The number of hydrogen-bond donors (Lipinski definition) is 5. The molecule has 0 amide bonds. The zero-order valence-corrected chi connectivity index (χ0v) is 31.6. The van der Waals surface area contributed by atoms with Gasteiger partial charge in [0.2, 0.25) is 0 Å². The van der Waals surface area contributed by atoms with E-state index in [9.17, 15) is 29.5 Å². The van der Waals surface area contributed by atoms with Crippen molar-refractivity contribution in [3.63, 3.8) is 0 Å². The zero-order valence-electron chi connectivity index (χ0n) is 30.7. The molecule has 0 aromatic carbocycles. The van der Waals surface area contributed by atoms with Crippen LogP contribution in [0.1, 0.15) is 143 Å². The summed E-state index contributed by atoms with van der Waals surface area (Å²) in [5, 5.41) is 30.8. The molecular formula is C37H67O12P. The van der Waals surface area contributed by atoms with E-state index in [2.05, 4.69) is 25.3 Å². The van der Waals surface area contributed by atoms with Crippen molar-refractivity contribution in [2.24, 2.45) is 11.8 Å². The molecule has 13 heteroatoms. The summed E-state index contributed by atoms with van der Waals surface area (Å²) in [4.78, 5) is 42.9. The van der Waals surface area contributed by atoms with Gasteiger partial charge in [0.1, 0.15) is 6.61 Å². The van der Waals surface area contributed by atoms with E-state index in [1.54, 1.807) is 12.2 Å². The van der Waals surface area contributed by atoms with E-state index in [-0.39, 0.29) is 31.8 Å². The number of phosphoric ester groups is 1. The molecule has 1 aliphatic heterocycles. The van der Waals surface area contributed by atoms with E-state index in [1.165, 1.54) is 32.1 Å². The van der Waals surface area contributed by atoms with Gasteiger partial charge in [-0.15, -0.1) is 0 Å². The van der Waals surface area contributed by atoms with Crippen molar-refractivity contribution in [3.8, 4) is 0 Å². The predicted molar refractivity (Wildman–Crippen MR) is 192 cm³/mol. The second-order valence-corrected chi connectivity index (χ2v) is 15.2. The molecule has 50 heavy (non-hydrogen) atoms. The molecule has 1 saturated heterocycles. The van der Waals surface area contributed by atoms with Gasteiger partial charge in [-0.05, 0) is 38.0 Å². The van der Waals surface area contributed by atoms with Crippen LogP contribution < -0.4 is 0 Å². The van der Waals surface area contributed by atoms with Gasteiger partial charge in [0, 0.05) is 25.2 Å². The summed E-state index contributed by atoms with van der Waals surface area (Å²) in [5.74, 6) is -0.649. The minimum Gasteiger partial charge on any atom is -0.462 e. The first-order valence-electron chi connectivity index (χ1n) is 18.9. The van der Waals surface area contributed by atoms with Gasteiger partial charge in [0.15, 0.2) is 12.4 Å². The SMILES string of the molecule is CCCCC[C@H](O)/C=C/[C@H]1OC(O)C[C@H](O)[C@@H]1C/C=C\CCCC(=O)O[C@H](COC(=O)CCCCCCCCCCC(C)C)COP(=O)(O)O. The normalized spacial score (nSPS) is 21.2. The van der Waals surface area contributed by atoms with Gasteiger partial charge in [0.25, 0.3) is 0 Å². The number of ether oxygens (including phenoxy) is 3. The lowest BCUT2D eigenvalue weighted by atomic mass is 9.87. The number of hydrogen-bond acceptors (Lipinski definition) is 10. The average molecular weight is 735 g/mol. The van der Waals surface area contributed by atoms with Crippen molar-refractivity contribution in [2.45, 2.75) is 173 Å². The summed E-state index contributed by atoms with van der Waals surface area (Å²) in [6.45, 7) is 5.59. The summed E-state index contributed by atoms with van der Waals surface area (Å²) in [7, 11) is -4.82. The van der Waals surface area contributed by atoms with Crippen molar-refractivity contribution in [1.29, 1.82) is 0 Å². The molecule has 12 nitrogen and oxygen atoms in total. The van der Waals surface area contributed by atoms with E-state index < -0.39 is 57.1 Å². The van der Waals surface area contributed by atoms with E-state index in [0.29, 0.717) is 32.1 Å². The third-order valence-electron chi connectivity index (χ3n) is 8.70. The fourth-order valence-electron chi connectivity index (χ4n) is 5.77. The Morgan fingerprint density at radius 1 is 0.860 bits per heavy atom. The summed E-state index contributed by atoms with van der Waals surface area (Å²) in [6, 6.07) is 0. The van der Waals surface area contributed by atoms with Crippen LogP contribution in [0.4, 0.5) is 0 Å². The minimum absolute atomic E-state index is 0.0189. The second kappa shape index (κ2) is 27.9. The zero-order chi connectivity index (χ0) is 37.2. The molecule has 1 heterocycles. The first-order chi connectivity index (χ1) is 23.8. The number of carbonyl (C=O) groups is 2. The Labute approximate surface area is 300 Å². The summed E-state index contributed by atoms with van der Waals surface area (Å²) in [5.41, 5.74) is 0. The maximum atomic E-state index is 12.5. The average Bonchev–Trinajstić information content (AvgIpc) is 3.04. The number of carbonyl (C=O) groups excluding carboxylic acids is 2. The van der Waals surface area contributed by atoms with E-state index >= 15 is 0 Å². The van der Waals surface area contributed by atoms with Crippen LogP contribution in [0.25, 0.3) is 0 Å². The molecule has 0 saturated carbocycles. The van der Waals surface area contributed by atoms with Crippen LogP contribution in [0, 0.1) is 11.8 Å². The highest BCUT2D eigenvalue weighted by atomic mass is 31.2. The molecule has 292 valence electrons. The monoisotopic (exact) mass is 734 g/mol. The number of aliphatic hydroxyl groups is 3. The van der Waals surface area contributed by atoms with E-state index in [0.717, 1.165) is 44.4 Å². The van der Waals surface area contributed by atoms with Crippen molar-refractivity contribution in [3.05, 3.63) is 24.3 Å². The number of aliphatic hydroxyl groups excluding tert-OH is 3. The number of rotatable bonds is 29. The lowest BCUT2D eigenvalue weighted by Gasteiger charge is -2.36. The standard InChI is InChI=1S/C37H67O12P/c1-4-5-14-20-30(38)24-25-34-32(33(39)26-37(42)49-34)21-16-12-13-18-23-36(41)48-31(28-47-50(43,44)45)27-46-35(40)22-17-11-9-7-6-8-10-15-19-29(2)3/h12,16,24-25,29-34,37-39,42H,4-11,13-15,17-23,26-28H2,1-3H3,(H2,43,44,45)/b16-12-,25-24+/t30-,31+,32-,33-,34+,37?/m0/s1. The Kier molecular flexibility index (Phi) is 25.9. The molecule has 0 aromatic heterocycles. The third-order valence-corrected chi connectivity index (χ3v) is 9.18. The smallest absolute Gasteiger partial charge is 0.462 e. The molecule has 0 aromatic rings. The molecule has 0 aliphatic carbocycles. The van der Waals surface area contributed by atoms with Gasteiger partial charge >= 0.3 is 19.8 Å². The molecule has 0 bridgehead atoms. The quantitative estimate of drug-likeness (QED) is 0.0234. The summed E-state index contributed by atoms with van der Waals surface area (Å²) in [6.07, 6.45) is 18.3. The van der Waals surface area contributed by atoms with Crippen LogP contribution in [0.5, 0.6) is 0 Å². The van der Waals surface area contributed by atoms with Crippen LogP contribution in [-0.2, 0) is 32.9 Å². The highest BCUT2D eigenvalue weighted by Gasteiger charge is 2.35. The Morgan fingerprint density at radius 2 is 1.50 bits per heavy atom. The molecule has 1 rings (SSSR count). The largest absolute Gasteiger partial charge is 0.469 e. The highest BCUT2D eigenvalue weighted by Crippen LogP contribution is 2.36. The second-order valence-electron chi connectivity index (χ2n) is 13.9. The maximum absolute atomic E-state index is 12.5. The van der Waals surface area contributed by atoms with Gasteiger partial charge in [-0.25, -0.2) is 4.57 Å². The van der Waals surface area contributed by atoms with Crippen LogP contribution in [0.2, 0.25) is 0 Å². The molecule has 1 fully saturated rings. The maximum Gasteiger partial charge on any atom is 0.469 e. The van der Waals surface area contributed by atoms with Gasteiger partial charge in [0.05, 0.1) is 24.9 Å². The Morgan fingerprint density at radius 3 is 2.16 bits per heavy atom. The fourth-order valence-corrected chi connectivity index (χ4v) is 6.13. The number of allylic oxidation sites excluding steroid dienone is 2. The van der Waals surface area contributed by atoms with Gasteiger partial charge in [-0.1, -0.05) is 116 Å². The molecule has 0 radical (unpaired) electrons. The molecule has 5 N–H and O–H groups in total. The summed E-state index contributed by atoms with van der Waals surface area (Å²) >= 11 is 0. The number of unbranched alkanes of at least 4 members (excludes halogenated alkanes) is 10. The molecule has 1 aliphatic rings. The first kappa shape index (κ1) is 46.4. The van der Waals surface area contributed by atoms with Gasteiger partial charge < -0.3 is 39.3 Å². The molecule has 6 atom stereocenters. The van der Waals surface area contributed by atoms with Crippen LogP contribution in [0.15, 0.2) is 24.3 Å². The molecular weight excluding hydrogens is 667 g/mol. The lowest BCUT2D eigenvalue weighted by Crippen LogP contribution is -2.43. The van der Waals surface area contributed by atoms with Crippen LogP contribution >= 0.6 is 7.82 Å². The number of phosphoric acid groups is 1. The van der Waals surface area contributed by atoms with E-state index in [4.69, 9.17) is 24.0 Å². The highest BCUT2D eigenvalue weighted by molar-refractivity contribution is 7.46. The minimum atomic E-state index is -4.82. The van der Waals surface area contributed by atoms with Crippen LogP contribution in [0.3, 0.4) is 0 Å². The van der Waals surface area contributed by atoms with E-state index in [1.807, 2.05) is 12.2 Å². The number of esters is 2. The first-order valence-corrected chi connectivity index (χ1v) is 20.4. The van der Waals surface area contributed by atoms with Gasteiger partial charge in [-0.2, -0.15) is 0 Å². The third kappa shape index (κ3) is 25.3. The van der Waals surface area contributed by atoms with Crippen molar-refractivity contribution < 1.29 is 58.0 Å². The van der Waals surface area contributed by atoms with Crippen molar-refractivity contribution in [1.82, 2.24) is 0 Å². The Balaban J connectivity index is 2.41. The Hall–Kier alpha value is -1.63. The van der Waals surface area contributed by atoms with Crippen molar-refractivity contribution in [2.75, 3.05) is 13.2 Å². The molecule has 1 unspecified atom stereocenters. The van der Waals surface area contributed by atoms with Crippen LogP contribution in [-0.4, -0.2) is 81.0 Å². The fraction of sp³-hybridized carbons (Fsp3) is 0.838. The van der Waals surface area contributed by atoms with Gasteiger partial charge in [-0.3, -0.25) is 14.1 Å². The lowest BCUT2D eigenvalue weighted by molar-refractivity contribution is -0.199. The topological polar surface area (TPSA) is 189 Å². The Bertz CT molecular complexity index is 997.